The number of carbonyl (C=O) groups excluding carboxylic acids is 1. The van der Waals surface area contributed by atoms with E-state index in [1.165, 1.54) is 12.0 Å². The van der Waals surface area contributed by atoms with Gasteiger partial charge in [0.15, 0.2) is 0 Å². The molecule has 4 nitrogen and oxygen atoms in total. The van der Waals surface area contributed by atoms with Gasteiger partial charge in [-0.05, 0) is 25.7 Å². The smallest absolute Gasteiger partial charge is 0.394 e. The lowest BCUT2D eigenvalue weighted by Crippen LogP contribution is -2.31. The average Bonchev–Trinajstić information content (AvgIpc) is 2.56. The van der Waals surface area contributed by atoms with E-state index in [-0.39, 0.29) is 0 Å². The molecule has 13 heavy (non-hydrogen) atoms. The van der Waals surface area contributed by atoms with Gasteiger partial charge in [-0.3, -0.25) is 4.79 Å². The van der Waals surface area contributed by atoms with E-state index in [4.69, 9.17) is 5.11 Å². The molecule has 0 fully saturated rings. The van der Waals surface area contributed by atoms with E-state index < -0.39 is 11.9 Å². The van der Waals surface area contributed by atoms with Gasteiger partial charge in [0.25, 0.3) is 0 Å². The van der Waals surface area contributed by atoms with Crippen molar-refractivity contribution in [2.45, 2.75) is 25.7 Å². The van der Waals surface area contributed by atoms with Gasteiger partial charge in [-0.2, -0.15) is 0 Å². The number of hydrogen-bond acceptors (Lipinski definition) is 2. The summed E-state index contributed by atoms with van der Waals surface area (Å²) in [5.74, 6) is -2.33. The van der Waals surface area contributed by atoms with Crippen LogP contribution in [0.25, 0.3) is 0 Å². The van der Waals surface area contributed by atoms with Crippen LogP contribution in [-0.2, 0) is 9.59 Å². The minimum absolute atomic E-state index is 0.428. The van der Waals surface area contributed by atoms with E-state index in [0.29, 0.717) is 6.54 Å². The Bertz CT molecular complexity index is 243. The summed E-state index contributed by atoms with van der Waals surface area (Å²) < 4.78 is 0. The maximum absolute atomic E-state index is 10.6. The van der Waals surface area contributed by atoms with Gasteiger partial charge in [-0.25, -0.2) is 4.79 Å². The summed E-state index contributed by atoms with van der Waals surface area (Å²) in [7, 11) is 0. The number of aliphatic carboxylic acids is 1. The average molecular weight is 183 g/mol. The van der Waals surface area contributed by atoms with E-state index in [2.05, 4.69) is 11.4 Å². The van der Waals surface area contributed by atoms with Crippen LogP contribution in [-0.4, -0.2) is 23.5 Å². The number of carbonyl (C=O) groups is 2. The first-order chi connectivity index (χ1) is 6.20. The summed E-state index contributed by atoms with van der Waals surface area (Å²) >= 11 is 0. The van der Waals surface area contributed by atoms with Crippen molar-refractivity contribution < 1.29 is 14.7 Å². The highest BCUT2D eigenvalue weighted by Gasteiger charge is 2.10. The van der Waals surface area contributed by atoms with Crippen molar-refractivity contribution in [3.8, 4) is 0 Å². The molecule has 0 aromatic heterocycles. The summed E-state index contributed by atoms with van der Waals surface area (Å²) in [6.07, 6.45) is 6.32. The number of carboxylic acid groups (broad SMARTS) is 1. The van der Waals surface area contributed by atoms with Crippen molar-refractivity contribution in [1.29, 1.82) is 0 Å². The van der Waals surface area contributed by atoms with Crippen LogP contribution in [0.15, 0.2) is 11.6 Å². The summed E-state index contributed by atoms with van der Waals surface area (Å²) in [4.78, 5) is 20.7. The Hall–Kier alpha value is -1.32. The lowest BCUT2D eigenvalue weighted by molar-refractivity contribution is -0.150. The number of amides is 1. The fraction of sp³-hybridized carbons (Fsp3) is 0.556. The molecule has 4 heteroatoms. The molecule has 0 saturated heterocycles. The van der Waals surface area contributed by atoms with Crippen molar-refractivity contribution in [2.75, 3.05) is 6.54 Å². The molecule has 0 saturated carbocycles. The van der Waals surface area contributed by atoms with Crippen molar-refractivity contribution in [2.24, 2.45) is 0 Å². The Balaban J connectivity index is 2.13. The van der Waals surface area contributed by atoms with Crippen molar-refractivity contribution in [3.63, 3.8) is 0 Å². The molecule has 0 spiro atoms. The van der Waals surface area contributed by atoms with Crippen molar-refractivity contribution in [3.05, 3.63) is 11.6 Å². The third-order valence-corrected chi connectivity index (χ3v) is 2.06. The normalized spacial score (nSPS) is 15.2. The molecule has 0 heterocycles. The van der Waals surface area contributed by atoms with Crippen LogP contribution < -0.4 is 5.32 Å². The molecular formula is C9H13NO3. The van der Waals surface area contributed by atoms with Crippen LogP contribution in [0.2, 0.25) is 0 Å². The Morgan fingerprint density at radius 2 is 2.31 bits per heavy atom. The quantitative estimate of drug-likeness (QED) is 0.499. The van der Waals surface area contributed by atoms with Crippen LogP contribution >= 0.6 is 0 Å². The standard InChI is InChI=1S/C9H13NO3/c11-8(9(12)13)10-6-5-7-3-1-2-4-7/h3H,1-2,4-6H2,(H,10,11)(H,12,13). The van der Waals surface area contributed by atoms with Crippen LogP contribution in [0.3, 0.4) is 0 Å². The Labute approximate surface area is 76.6 Å². The first kappa shape index (κ1) is 9.77. The third-order valence-electron chi connectivity index (χ3n) is 2.06. The number of hydrogen-bond donors (Lipinski definition) is 2. The fourth-order valence-electron chi connectivity index (χ4n) is 1.38. The first-order valence-corrected chi connectivity index (χ1v) is 4.39. The van der Waals surface area contributed by atoms with Crippen LogP contribution in [0.1, 0.15) is 25.7 Å². The van der Waals surface area contributed by atoms with Crippen LogP contribution in [0.5, 0.6) is 0 Å². The first-order valence-electron chi connectivity index (χ1n) is 4.39. The second kappa shape index (κ2) is 4.64. The molecule has 1 rings (SSSR count). The molecule has 0 aromatic carbocycles. The largest absolute Gasteiger partial charge is 0.474 e. The maximum atomic E-state index is 10.6. The third kappa shape index (κ3) is 3.27. The maximum Gasteiger partial charge on any atom is 0.394 e. The molecule has 0 radical (unpaired) electrons. The zero-order chi connectivity index (χ0) is 9.68. The Morgan fingerprint density at radius 1 is 1.54 bits per heavy atom. The highest BCUT2D eigenvalue weighted by atomic mass is 16.4. The lowest BCUT2D eigenvalue weighted by Gasteiger charge is -2.02. The highest BCUT2D eigenvalue weighted by molar-refractivity contribution is 6.31. The summed E-state index contributed by atoms with van der Waals surface area (Å²) in [6.45, 7) is 0.428. The molecule has 0 atom stereocenters. The predicted molar refractivity (Wildman–Crippen MR) is 47.2 cm³/mol. The molecule has 0 aliphatic heterocycles. The van der Waals surface area contributed by atoms with Crippen LogP contribution in [0.4, 0.5) is 0 Å². The van der Waals surface area contributed by atoms with Gasteiger partial charge in [0, 0.05) is 6.54 Å². The van der Waals surface area contributed by atoms with E-state index in [0.717, 1.165) is 19.3 Å². The fourth-order valence-corrected chi connectivity index (χ4v) is 1.38. The molecule has 1 amide bonds. The summed E-state index contributed by atoms with van der Waals surface area (Å²) in [5, 5.41) is 10.6. The number of allylic oxidation sites excluding steroid dienone is 1. The topological polar surface area (TPSA) is 66.4 Å². The predicted octanol–water partition coefficient (Wildman–Crippen LogP) is 0.688. The molecule has 2 N–H and O–H groups in total. The van der Waals surface area contributed by atoms with Gasteiger partial charge in [-0.1, -0.05) is 11.6 Å². The second-order valence-electron chi connectivity index (χ2n) is 3.07. The molecule has 1 aliphatic carbocycles. The van der Waals surface area contributed by atoms with Gasteiger partial charge in [0.1, 0.15) is 0 Å². The zero-order valence-electron chi connectivity index (χ0n) is 7.38. The lowest BCUT2D eigenvalue weighted by atomic mass is 10.2. The number of rotatable bonds is 3. The van der Waals surface area contributed by atoms with Crippen molar-refractivity contribution in [1.82, 2.24) is 5.32 Å². The van der Waals surface area contributed by atoms with Gasteiger partial charge in [0.05, 0.1) is 0 Å². The number of carboxylic acids is 1. The second-order valence-corrected chi connectivity index (χ2v) is 3.07. The van der Waals surface area contributed by atoms with Crippen LogP contribution in [0, 0.1) is 0 Å². The summed E-state index contributed by atoms with van der Waals surface area (Å²) in [5.41, 5.74) is 1.32. The van der Waals surface area contributed by atoms with Gasteiger partial charge in [0.2, 0.25) is 0 Å². The van der Waals surface area contributed by atoms with E-state index in [9.17, 15) is 9.59 Å². The zero-order valence-corrected chi connectivity index (χ0v) is 7.38. The molecule has 0 bridgehead atoms. The van der Waals surface area contributed by atoms with Crippen molar-refractivity contribution >= 4 is 11.9 Å². The Morgan fingerprint density at radius 3 is 2.85 bits per heavy atom. The summed E-state index contributed by atoms with van der Waals surface area (Å²) in [6, 6.07) is 0. The molecule has 1 aliphatic rings. The van der Waals surface area contributed by atoms with Gasteiger partial charge >= 0.3 is 11.9 Å². The van der Waals surface area contributed by atoms with Gasteiger partial charge < -0.3 is 10.4 Å². The SMILES string of the molecule is O=C(O)C(=O)NCCC1=CCCC1. The Kier molecular flexibility index (Phi) is 3.49. The van der Waals surface area contributed by atoms with E-state index in [1.54, 1.807) is 0 Å². The molecule has 72 valence electrons. The van der Waals surface area contributed by atoms with Gasteiger partial charge in [-0.15, -0.1) is 0 Å². The monoisotopic (exact) mass is 183 g/mol. The minimum atomic E-state index is -1.42. The van der Waals surface area contributed by atoms with E-state index >= 15 is 0 Å². The molecule has 0 aromatic rings. The minimum Gasteiger partial charge on any atom is -0.474 e. The highest BCUT2D eigenvalue weighted by Crippen LogP contribution is 2.19. The molecular weight excluding hydrogens is 170 g/mol. The molecule has 0 unspecified atom stereocenters. The number of nitrogens with one attached hydrogen (secondary N) is 1. The van der Waals surface area contributed by atoms with E-state index in [1.807, 2.05) is 0 Å².